The average molecular weight is 484 g/mol. The summed E-state index contributed by atoms with van der Waals surface area (Å²) in [6.07, 6.45) is 3.40. The Balaban J connectivity index is 1.75. The number of anilines is 1. The maximum Gasteiger partial charge on any atom is 0.248 e. The van der Waals surface area contributed by atoms with Crippen LogP contribution >= 0.6 is 0 Å². The molecule has 5 nitrogen and oxygen atoms in total. The maximum absolute atomic E-state index is 12.9. The zero-order valence-corrected chi connectivity index (χ0v) is 21.8. The summed E-state index contributed by atoms with van der Waals surface area (Å²) in [5.41, 5.74) is 8.30. The van der Waals surface area contributed by atoms with Gasteiger partial charge in [0.05, 0.1) is 19.5 Å². The Kier molecular flexibility index (Phi) is 7.49. The molecule has 0 saturated heterocycles. The first kappa shape index (κ1) is 25.1. The van der Waals surface area contributed by atoms with Crippen LogP contribution in [-0.4, -0.2) is 19.1 Å². The Morgan fingerprint density at radius 1 is 0.972 bits per heavy atom. The number of carbonyl (C=O) groups excluding carboxylic acids is 1. The van der Waals surface area contributed by atoms with E-state index in [-0.39, 0.29) is 5.91 Å². The summed E-state index contributed by atoms with van der Waals surface area (Å²) in [4.78, 5) is 12.9. The minimum Gasteiger partial charge on any atom is -0.494 e. The highest BCUT2D eigenvalue weighted by molar-refractivity contribution is 6.06. The summed E-state index contributed by atoms with van der Waals surface area (Å²) in [5.74, 6) is 1.38. The number of amides is 1. The molecule has 0 aliphatic carbocycles. The van der Waals surface area contributed by atoms with Crippen molar-refractivity contribution in [2.75, 3.05) is 18.5 Å². The van der Waals surface area contributed by atoms with E-state index in [1.165, 1.54) is 0 Å². The largest absolute Gasteiger partial charge is 0.494 e. The normalized spacial score (nSPS) is 11.6. The van der Waals surface area contributed by atoms with Gasteiger partial charge in [-0.3, -0.25) is 4.79 Å². The third-order valence-electron chi connectivity index (χ3n) is 6.23. The second-order valence-corrected chi connectivity index (χ2v) is 8.93. The Bertz CT molecular complexity index is 1430. The molecule has 4 aromatic rings. The van der Waals surface area contributed by atoms with Crippen molar-refractivity contribution in [1.82, 2.24) is 0 Å². The molecule has 0 saturated carbocycles. The van der Waals surface area contributed by atoms with Crippen molar-refractivity contribution in [3.8, 4) is 22.6 Å². The van der Waals surface area contributed by atoms with E-state index in [1.54, 1.807) is 12.3 Å². The number of rotatable bonds is 8. The van der Waals surface area contributed by atoms with Crippen molar-refractivity contribution < 1.29 is 18.7 Å². The van der Waals surface area contributed by atoms with Crippen LogP contribution in [0.3, 0.4) is 0 Å². The molecule has 1 aromatic heterocycles. The van der Waals surface area contributed by atoms with Crippen LogP contribution in [0, 0.1) is 20.8 Å². The van der Waals surface area contributed by atoms with Crippen LogP contribution in [0.25, 0.3) is 27.7 Å². The van der Waals surface area contributed by atoms with E-state index in [0.717, 1.165) is 67.1 Å². The number of nitrogens with one attached hydrogen (secondary N) is 1. The molecule has 36 heavy (non-hydrogen) atoms. The van der Waals surface area contributed by atoms with Crippen LogP contribution < -0.4 is 14.8 Å². The van der Waals surface area contributed by atoms with Crippen molar-refractivity contribution >= 4 is 28.1 Å². The van der Waals surface area contributed by atoms with Crippen molar-refractivity contribution in [3.05, 3.63) is 83.1 Å². The van der Waals surface area contributed by atoms with E-state index >= 15 is 0 Å². The fourth-order valence-corrected chi connectivity index (χ4v) is 4.37. The van der Waals surface area contributed by atoms with Crippen LogP contribution in [0.5, 0.6) is 11.5 Å². The van der Waals surface area contributed by atoms with E-state index in [0.29, 0.717) is 13.2 Å². The smallest absolute Gasteiger partial charge is 0.248 e. The molecule has 0 atom stereocenters. The van der Waals surface area contributed by atoms with Crippen molar-refractivity contribution in [1.29, 1.82) is 0 Å². The first-order valence-corrected chi connectivity index (χ1v) is 12.3. The molecule has 1 amide bonds. The number of hydrogen-bond acceptors (Lipinski definition) is 4. The van der Waals surface area contributed by atoms with Gasteiger partial charge in [-0.2, -0.15) is 0 Å². The lowest BCUT2D eigenvalue weighted by Gasteiger charge is -2.15. The van der Waals surface area contributed by atoms with Crippen LogP contribution in [0.15, 0.2) is 65.3 Å². The monoisotopic (exact) mass is 483 g/mol. The minimum absolute atomic E-state index is 0.180. The van der Waals surface area contributed by atoms with E-state index in [2.05, 4.69) is 11.4 Å². The molecule has 1 heterocycles. The predicted octanol–water partition coefficient (Wildman–Crippen LogP) is 7.86. The molecule has 0 aliphatic rings. The second-order valence-electron chi connectivity index (χ2n) is 8.93. The van der Waals surface area contributed by atoms with Crippen LogP contribution in [0.4, 0.5) is 5.69 Å². The molecule has 1 N–H and O–H groups in total. The molecule has 0 spiro atoms. The third kappa shape index (κ3) is 5.15. The summed E-state index contributed by atoms with van der Waals surface area (Å²) in [6.45, 7) is 13.0. The molecule has 0 aliphatic heterocycles. The fraction of sp³-hybridized carbons (Fsp3) is 0.258. The lowest BCUT2D eigenvalue weighted by atomic mass is 9.96. The van der Waals surface area contributed by atoms with Gasteiger partial charge in [-0.1, -0.05) is 24.3 Å². The van der Waals surface area contributed by atoms with Crippen LogP contribution in [-0.2, 0) is 4.79 Å². The van der Waals surface area contributed by atoms with E-state index in [1.807, 2.05) is 84.0 Å². The number of carbonyl (C=O) groups is 1. The lowest BCUT2D eigenvalue weighted by molar-refractivity contribution is -0.111. The first-order valence-electron chi connectivity index (χ1n) is 12.3. The first-order chi connectivity index (χ1) is 17.3. The van der Waals surface area contributed by atoms with E-state index in [4.69, 9.17) is 13.9 Å². The van der Waals surface area contributed by atoms with E-state index < -0.39 is 0 Å². The number of furan rings is 1. The molecular weight excluding hydrogens is 450 g/mol. The SMILES string of the molecule is CCOc1ccc(-c2coc3c(C)c(OCC)c(/C(C)=C/C(=O)Nc4cc(C)ccc4C)cc23)cc1. The third-order valence-corrected chi connectivity index (χ3v) is 6.23. The average Bonchev–Trinajstić information content (AvgIpc) is 3.28. The van der Waals surface area contributed by atoms with Gasteiger partial charge >= 0.3 is 0 Å². The van der Waals surface area contributed by atoms with Crippen LogP contribution in [0.1, 0.15) is 43.0 Å². The standard InChI is InChI=1S/C31H33NO4/c1-7-34-24-13-11-23(12-14-24)27-18-36-31-22(6)30(35-8-2)25(17-26(27)31)21(5)16-29(33)32-28-15-19(3)9-10-20(28)4/h9-18H,7-8H2,1-6H3,(H,32,33)/b21-16+. The molecule has 186 valence electrons. The quantitative estimate of drug-likeness (QED) is 0.259. The zero-order chi connectivity index (χ0) is 25.8. The number of aryl methyl sites for hydroxylation is 3. The van der Waals surface area contributed by atoms with Crippen molar-refractivity contribution in [2.45, 2.75) is 41.5 Å². The van der Waals surface area contributed by atoms with E-state index in [9.17, 15) is 4.79 Å². The summed E-state index contributed by atoms with van der Waals surface area (Å²) < 4.78 is 17.6. The Hall–Kier alpha value is -3.99. The predicted molar refractivity (Wildman–Crippen MR) is 147 cm³/mol. The molecule has 0 radical (unpaired) electrons. The number of ether oxygens (including phenoxy) is 2. The maximum atomic E-state index is 12.9. The number of hydrogen-bond donors (Lipinski definition) is 1. The Labute approximate surface area is 212 Å². The van der Waals surface area contributed by atoms with Gasteiger partial charge in [0.1, 0.15) is 17.1 Å². The van der Waals surface area contributed by atoms with Gasteiger partial charge in [0.25, 0.3) is 0 Å². The molecule has 5 heteroatoms. The summed E-state index contributed by atoms with van der Waals surface area (Å²) in [7, 11) is 0. The van der Waals surface area contributed by atoms with Gasteiger partial charge in [-0.05, 0) is 88.1 Å². The van der Waals surface area contributed by atoms with Crippen LogP contribution in [0.2, 0.25) is 0 Å². The molecule has 0 unspecified atom stereocenters. The van der Waals surface area contributed by atoms with Gasteiger partial charge in [0.2, 0.25) is 5.91 Å². The second kappa shape index (κ2) is 10.7. The highest BCUT2D eigenvalue weighted by Crippen LogP contribution is 2.41. The minimum atomic E-state index is -0.180. The summed E-state index contributed by atoms with van der Waals surface area (Å²) in [5, 5.41) is 3.99. The van der Waals surface area contributed by atoms with Gasteiger partial charge < -0.3 is 19.2 Å². The number of fused-ring (bicyclic) bond motifs is 1. The van der Waals surface area contributed by atoms with Crippen molar-refractivity contribution in [2.24, 2.45) is 0 Å². The number of allylic oxidation sites excluding steroid dienone is 1. The Morgan fingerprint density at radius 3 is 2.39 bits per heavy atom. The van der Waals surface area contributed by atoms with Gasteiger partial charge in [0, 0.05) is 33.8 Å². The van der Waals surface area contributed by atoms with Crippen molar-refractivity contribution in [3.63, 3.8) is 0 Å². The molecule has 4 rings (SSSR count). The highest BCUT2D eigenvalue weighted by atomic mass is 16.5. The molecule has 0 bridgehead atoms. The van der Waals surface area contributed by atoms with Gasteiger partial charge in [-0.15, -0.1) is 0 Å². The zero-order valence-electron chi connectivity index (χ0n) is 21.8. The topological polar surface area (TPSA) is 60.7 Å². The lowest BCUT2D eigenvalue weighted by Crippen LogP contribution is -2.10. The summed E-state index contributed by atoms with van der Waals surface area (Å²) in [6, 6.07) is 16.1. The van der Waals surface area contributed by atoms with Gasteiger partial charge in [-0.25, -0.2) is 0 Å². The number of benzene rings is 3. The highest BCUT2D eigenvalue weighted by Gasteiger charge is 2.19. The van der Waals surface area contributed by atoms with Gasteiger partial charge in [0.15, 0.2) is 0 Å². The molecular formula is C31H33NO4. The Morgan fingerprint density at radius 2 is 1.69 bits per heavy atom. The summed E-state index contributed by atoms with van der Waals surface area (Å²) >= 11 is 0. The molecule has 0 fully saturated rings. The molecule has 3 aromatic carbocycles. The fourth-order valence-electron chi connectivity index (χ4n) is 4.37.